The van der Waals surface area contributed by atoms with Gasteiger partial charge in [0.15, 0.2) is 11.0 Å². The normalized spacial score (nSPS) is 10.7. The third-order valence-corrected chi connectivity index (χ3v) is 5.32. The van der Waals surface area contributed by atoms with Crippen LogP contribution in [0.25, 0.3) is 11.4 Å². The first-order valence-electron chi connectivity index (χ1n) is 8.26. The Morgan fingerprint density at radius 2 is 2.00 bits per heavy atom. The number of anilines is 1. The number of amides is 1. The van der Waals surface area contributed by atoms with Crippen LogP contribution in [0.1, 0.15) is 12.5 Å². The number of halogens is 1. The molecule has 0 unspecified atom stereocenters. The molecule has 0 saturated heterocycles. The predicted molar refractivity (Wildman–Crippen MR) is 109 cm³/mol. The van der Waals surface area contributed by atoms with Gasteiger partial charge in [-0.3, -0.25) is 4.79 Å². The van der Waals surface area contributed by atoms with E-state index in [1.54, 1.807) is 0 Å². The summed E-state index contributed by atoms with van der Waals surface area (Å²) in [6.07, 6.45) is 0. The molecule has 26 heavy (non-hydrogen) atoms. The summed E-state index contributed by atoms with van der Waals surface area (Å²) in [6.45, 7) is 4.85. The lowest BCUT2D eigenvalue weighted by molar-refractivity contribution is -0.113. The van der Waals surface area contributed by atoms with E-state index in [9.17, 15) is 4.79 Å². The average molecular weight is 431 g/mol. The lowest BCUT2D eigenvalue weighted by Gasteiger charge is -2.09. The second-order valence-electron chi connectivity index (χ2n) is 5.71. The number of nitrogens with one attached hydrogen (secondary N) is 1. The van der Waals surface area contributed by atoms with Gasteiger partial charge in [0.05, 0.1) is 5.75 Å². The van der Waals surface area contributed by atoms with Gasteiger partial charge in [-0.05, 0) is 37.6 Å². The van der Waals surface area contributed by atoms with Gasteiger partial charge in [0.2, 0.25) is 5.91 Å². The second kappa shape index (κ2) is 8.51. The molecule has 2 aromatic carbocycles. The molecule has 1 amide bonds. The molecular formula is C19H19BrN4OS. The number of hydrogen-bond acceptors (Lipinski definition) is 4. The van der Waals surface area contributed by atoms with Crippen LogP contribution in [0.15, 0.2) is 58.2 Å². The van der Waals surface area contributed by atoms with Crippen molar-refractivity contribution in [2.75, 3.05) is 11.1 Å². The van der Waals surface area contributed by atoms with Crippen LogP contribution in [0.2, 0.25) is 0 Å². The van der Waals surface area contributed by atoms with Crippen LogP contribution in [0.3, 0.4) is 0 Å². The Bertz CT molecular complexity index is 925. The fourth-order valence-corrected chi connectivity index (χ4v) is 3.80. The van der Waals surface area contributed by atoms with Crippen LogP contribution in [0.5, 0.6) is 0 Å². The number of nitrogens with zero attached hydrogens (tertiary/aromatic N) is 3. The molecule has 0 bridgehead atoms. The molecule has 3 aromatic rings. The highest BCUT2D eigenvalue weighted by molar-refractivity contribution is 9.10. The van der Waals surface area contributed by atoms with Gasteiger partial charge >= 0.3 is 0 Å². The standard InChI is InChI=1S/C19H19BrN4OS/c1-3-24-18(16-10-5-4-7-13(16)2)22-23-19(24)26-12-17(25)21-15-9-6-8-14(20)11-15/h4-11H,3,12H2,1-2H3,(H,21,25). The molecule has 1 aromatic heterocycles. The van der Waals surface area contributed by atoms with E-state index < -0.39 is 0 Å². The molecular weight excluding hydrogens is 412 g/mol. The Hall–Kier alpha value is -2.12. The van der Waals surface area contributed by atoms with E-state index in [2.05, 4.69) is 51.4 Å². The van der Waals surface area contributed by atoms with E-state index >= 15 is 0 Å². The Labute approximate surface area is 165 Å². The Morgan fingerprint density at radius 1 is 1.19 bits per heavy atom. The molecule has 1 heterocycles. The molecule has 0 spiro atoms. The number of aryl methyl sites for hydroxylation is 1. The zero-order chi connectivity index (χ0) is 18.5. The number of thioether (sulfide) groups is 1. The first-order chi connectivity index (χ1) is 12.6. The first kappa shape index (κ1) is 18.7. The predicted octanol–water partition coefficient (Wildman–Crippen LogP) is 4.77. The highest BCUT2D eigenvalue weighted by Crippen LogP contribution is 2.26. The molecule has 0 aliphatic rings. The van der Waals surface area contributed by atoms with Crippen molar-refractivity contribution in [2.24, 2.45) is 0 Å². The zero-order valence-corrected chi connectivity index (χ0v) is 17.0. The maximum Gasteiger partial charge on any atom is 0.234 e. The number of aromatic nitrogens is 3. The maximum absolute atomic E-state index is 12.2. The third kappa shape index (κ3) is 4.34. The lowest BCUT2D eigenvalue weighted by Crippen LogP contribution is -2.14. The van der Waals surface area contributed by atoms with Gasteiger partial charge < -0.3 is 9.88 Å². The fraction of sp³-hybridized carbons (Fsp3) is 0.211. The third-order valence-electron chi connectivity index (χ3n) is 3.86. The number of rotatable bonds is 6. The molecule has 0 fully saturated rings. The summed E-state index contributed by atoms with van der Waals surface area (Å²) in [7, 11) is 0. The summed E-state index contributed by atoms with van der Waals surface area (Å²) >= 11 is 4.79. The summed E-state index contributed by atoms with van der Waals surface area (Å²) in [5, 5.41) is 12.3. The first-order valence-corrected chi connectivity index (χ1v) is 10.0. The smallest absolute Gasteiger partial charge is 0.234 e. The Kier molecular flexibility index (Phi) is 6.11. The van der Waals surface area contributed by atoms with Crippen LogP contribution in [0.4, 0.5) is 5.69 Å². The van der Waals surface area contributed by atoms with Gasteiger partial charge in [0.25, 0.3) is 0 Å². The van der Waals surface area contributed by atoms with Crippen molar-refractivity contribution < 1.29 is 4.79 Å². The SMILES string of the molecule is CCn1c(SCC(=O)Nc2cccc(Br)c2)nnc1-c1ccccc1C. The lowest BCUT2D eigenvalue weighted by atomic mass is 10.1. The molecule has 0 aliphatic carbocycles. The van der Waals surface area contributed by atoms with Crippen molar-refractivity contribution in [3.63, 3.8) is 0 Å². The molecule has 0 atom stereocenters. The van der Waals surface area contributed by atoms with E-state index in [-0.39, 0.29) is 11.7 Å². The zero-order valence-electron chi connectivity index (χ0n) is 14.6. The van der Waals surface area contributed by atoms with E-state index in [0.717, 1.165) is 38.8 Å². The highest BCUT2D eigenvalue weighted by Gasteiger charge is 2.15. The monoisotopic (exact) mass is 430 g/mol. The van der Waals surface area contributed by atoms with E-state index in [4.69, 9.17) is 0 Å². The molecule has 0 radical (unpaired) electrons. The van der Waals surface area contributed by atoms with Gasteiger partial charge in [-0.15, -0.1) is 10.2 Å². The maximum atomic E-state index is 12.2. The molecule has 134 valence electrons. The van der Waals surface area contributed by atoms with Crippen LogP contribution in [-0.2, 0) is 11.3 Å². The van der Waals surface area contributed by atoms with Crippen molar-refractivity contribution in [3.05, 3.63) is 58.6 Å². The summed E-state index contributed by atoms with van der Waals surface area (Å²) in [5.41, 5.74) is 2.98. The van der Waals surface area contributed by atoms with Crippen molar-refractivity contribution in [1.29, 1.82) is 0 Å². The fourth-order valence-electron chi connectivity index (χ4n) is 2.60. The molecule has 3 rings (SSSR count). The van der Waals surface area contributed by atoms with Crippen molar-refractivity contribution in [1.82, 2.24) is 14.8 Å². The van der Waals surface area contributed by atoms with Crippen LogP contribution in [0, 0.1) is 6.92 Å². The Morgan fingerprint density at radius 3 is 2.73 bits per heavy atom. The largest absolute Gasteiger partial charge is 0.325 e. The highest BCUT2D eigenvalue weighted by atomic mass is 79.9. The molecule has 5 nitrogen and oxygen atoms in total. The van der Waals surface area contributed by atoms with E-state index in [0.29, 0.717) is 0 Å². The summed E-state index contributed by atoms with van der Waals surface area (Å²) in [4.78, 5) is 12.2. The van der Waals surface area contributed by atoms with Gasteiger partial charge in [-0.25, -0.2) is 0 Å². The van der Waals surface area contributed by atoms with Gasteiger partial charge in [-0.1, -0.05) is 58.0 Å². The van der Waals surface area contributed by atoms with Crippen molar-refractivity contribution in [2.45, 2.75) is 25.5 Å². The summed E-state index contributed by atoms with van der Waals surface area (Å²) in [6, 6.07) is 15.6. The van der Waals surface area contributed by atoms with Gasteiger partial charge in [0, 0.05) is 22.3 Å². The van der Waals surface area contributed by atoms with Crippen LogP contribution < -0.4 is 5.32 Å². The number of carbonyl (C=O) groups is 1. The minimum atomic E-state index is -0.0730. The van der Waals surface area contributed by atoms with Gasteiger partial charge in [-0.2, -0.15) is 0 Å². The Balaban J connectivity index is 1.71. The van der Waals surface area contributed by atoms with Crippen molar-refractivity contribution >= 4 is 39.3 Å². The number of hydrogen-bond donors (Lipinski definition) is 1. The van der Waals surface area contributed by atoms with E-state index in [1.807, 2.05) is 47.0 Å². The quantitative estimate of drug-likeness (QED) is 0.572. The number of benzene rings is 2. The average Bonchev–Trinajstić information content (AvgIpc) is 3.03. The summed E-state index contributed by atoms with van der Waals surface area (Å²) < 4.78 is 2.97. The minimum Gasteiger partial charge on any atom is -0.325 e. The minimum absolute atomic E-state index is 0.0730. The molecule has 0 saturated carbocycles. The second-order valence-corrected chi connectivity index (χ2v) is 7.57. The molecule has 0 aliphatic heterocycles. The van der Waals surface area contributed by atoms with Crippen molar-refractivity contribution in [3.8, 4) is 11.4 Å². The van der Waals surface area contributed by atoms with Crippen LogP contribution >= 0.6 is 27.7 Å². The number of carbonyl (C=O) groups excluding carboxylic acids is 1. The topological polar surface area (TPSA) is 59.8 Å². The molecule has 1 N–H and O–H groups in total. The van der Waals surface area contributed by atoms with Crippen LogP contribution in [-0.4, -0.2) is 26.4 Å². The summed E-state index contributed by atoms with van der Waals surface area (Å²) in [5.74, 6) is 1.04. The molecule has 7 heteroatoms. The van der Waals surface area contributed by atoms with Gasteiger partial charge in [0.1, 0.15) is 0 Å². The van der Waals surface area contributed by atoms with E-state index in [1.165, 1.54) is 11.8 Å².